The van der Waals surface area contributed by atoms with Crippen LogP contribution in [0.2, 0.25) is 0 Å². The fraction of sp³-hybridized carbons (Fsp3) is 0.476. The molecule has 6 nitrogen and oxygen atoms in total. The number of nitrogens with zero attached hydrogens (tertiary/aromatic N) is 1. The molecule has 1 aromatic carbocycles. The number of fused-ring (bicyclic) bond motifs is 1. The number of carbonyl (C=O) groups is 1. The van der Waals surface area contributed by atoms with Crippen LogP contribution in [0.4, 0.5) is 0 Å². The number of likely N-dealkylation sites (tertiary alicyclic amines) is 1. The number of furan rings is 1. The smallest absolute Gasteiger partial charge is 0.227 e. The Bertz CT molecular complexity index is 766. The lowest BCUT2D eigenvalue weighted by atomic mass is 9.94. The molecule has 0 aliphatic carbocycles. The maximum atomic E-state index is 12.7. The summed E-state index contributed by atoms with van der Waals surface area (Å²) in [6, 6.07) is 9.99. The van der Waals surface area contributed by atoms with Crippen molar-refractivity contribution in [2.24, 2.45) is 5.92 Å². The summed E-state index contributed by atoms with van der Waals surface area (Å²) in [5.74, 6) is 2.44. The molecule has 2 aliphatic rings. The van der Waals surface area contributed by atoms with E-state index < -0.39 is 0 Å². The number of amides is 1. The van der Waals surface area contributed by atoms with Gasteiger partial charge in [0.2, 0.25) is 5.91 Å². The molecule has 144 valence electrons. The zero-order valence-electron chi connectivity index (χ0n) is 15.6. The number of hydrogen-bond acceptors (Lipinski definition) is 5. The van der Waals surface area contributed by atoms with Crippen molar-refractivity contribution in [2.75, 3.05) is 26.8 Å². The van der Waals surface area contributed by atoms with Crippen molar-refractivity contribution >= 4 is 5.91 Å². The van der Waals surface area contributed by atoms with Crippen LogP contribution in [0.15, 0.2) is 41.0 Å². The highest BCUT2D eigenvalue weighted by Gasteiger charge is 2.30. The minimum Gasteiger partial charge on any atom is -0.493 e. The number of para-hydroxylation sites is 1. The standard InChI is InChI=1S/C21H26N2O4/c1-25-19-6-2-4-15-12-16(14-27-20(15)19)21(24)22-17-7-9-23(10-8-17)13-18-5-3-11-26-18/h2-6,11,16-17H,7-10,12-14H2,1H3,(H,22,24). The molecule has 0 spiro atoms. The third kappa shape index (κ3) is 4.11. The van der Waals surface area contributed by atoms with Crippen molar-refractivity contribution < 1.29 is 18.7 Å². The van der Waals surface area contributed by atoms with Crippen LogP contribution in [0.25, 0.3) is 0 Å². The van der Waals surface area contributed by atoms with Crippen molar-refractivity contribution in [3.8, 4) is 11.5 Å². The van der Waals surface area contributed by atoms with Gasteiger partial charge in [-0.05, 0) is 43.0 Å². The minimum absolute atomic E-state index is 0.0907. The lowest BCUT2D eigenvalue weighted by Crippen LogP contribution is -2.47. The first-order chi connectivity index (χ1) is 13.2. The van der Waals surface area contributed by atoms with E-state index in [2.05, 4.69) is 10.2 Å². The van der Waals surface area contributed by atoms with E-state index in [4.69, 9.17) is 13.9 Å². The molecule has 2 aliphatic heterocycles. The highest BCUT2D eigenvalue weighted by Crippen LogP contribution is 2.36. The van der Waals surface area contributed by atoms with E-state index in [0.717, 1.165) is 55.3 Å². The number of rotatable bonds is 5. The first kappa shape index (κ1) is 17.9. The van der Waals surface area contributed by atoms with Crippen LogP contribution in [-0.2, 0) is 17.8 Å². The van der Waals surface area contributed by atoms with Gasteiger partial charge in [-0.15, -0.1) is 0 Å². The molecule has 0 saturated carbocycles. The second-order valence-electron chi connectivity index (χ2n) is 7.30. The highest BCUT2D eigenvalue weighted by molar-refractivity contribution is 5.80. The molecular formula is C21H26N2O4. The summed E-state index contributed by atoms with van der Waals surface area (Å²) in [5.41, 5.74) is 1.04. The van der Waals surface area contributed by atoms with Crippen LogP contribution >= 0.6 is 0 Å². The molecule has 27 heavy (non-hydrogen) atoms. The van der Waals surface area contributed by atoms with Gasteiger partial charge < -0.3 is 19.2 Å². The summed E-state index contributed by atoms with van der Waals surface area (Å²) in [6.45, 7) is 3.17. The quantitative estimate of drug-likeness (QED) is 0.877. The Kier molecular flexibility index (Phi) is 5.34. The van der Waals surface area contributed by atoms with E-state index in [1.165, 1.54) is 0 Å². The van der Waals surface area contributed by atoms with E-state index in [1.54, 1.807) is 13.4 Å². The van der Waals surface area contributed by atoms with Gasteiger partial charge in [0.1, 0.15) is 12.4 Å². The Balaban J connectivity index is 1.27. The molecular weight excluding hydrogens is 344 g/mol. The zero-order chi connectivity index (χ0) is 18.6. The van der Waals surface area contributed by atoms with E-state index in [9.17, 15) is 4.79 Å². The molecule has 0 radical (unpaired) electrons. The zero-order valence-corrected chi connectivity index (χ0v) is 15.6. The Hall–Kier alpha value is -2.47. The third-order valence-corrected chi connectivity index (χ3v) is 5.44. The van der Waals surface area contributed by atoms with Gasteiger partial charge in [-0.1, -0.05) is 12.1 Å². The Morgan fingerprint density at radius 1 is 1.26 bits per heavy atom. The fourth-order valence-corrected chi connectivity index (χ4v) is 3.90. The van der Waals surface area contributed by atoms with E-state index in [0.29, 0.717) is 13.0 Å². The number of nitrogens with one attached hydrogen (secondary N) is 1. The van der Waals surface area contributed by atoms with Crippen molar-refractivity contribution in [3.05, 3.63) is 47.9 Å². The molecule has 2 aromatic rings. The molecule has 0 bridgehead atoms. The average molecular weight is 370 g/mol. The monoisotopic (exact) mass is 370 g/mol. The molecule has 6 heteroatoms. The third-order valence-electron chi connectivity index (χ3n) is 5.44. The summed E-state index contributed by atoms with van der Waals surface area (Å²) < 4.78 is 16.6. The number of piperidine rings is 1. The van der Waals surface area contributed by atoms with Gasteiger partial charge in [0.15, 0.2) is 11.5 Å². The maximum Gasteiger partial charge on any atom is 0.227 e. The van der Waals surface area contributed by atoms with Gasteiger partial charge in [-0.25, -0.2) is 0 Å². The van der Waals surface area contributed by atoms with E-state index in [-0.39, 0.29) is 17.9 Å². The molecule has 1 fully saturated rings. The van der Waals surface area contributed by atoms with Gasteiger partial charge in [-0.3, -0.25) is 9.69 Å². The Morgan fingerprint density at radius 3 is 2.85 bits per heavy atom. The molecule has 3 heterocycles. The normalized spacial score (nSPS) is 20.6. The van der Waals surface area contributed by atoms with E-state index >= 15 is 0 Å². The molecule has 1 amide bonds. The van der Waals surface area contributed by atoms with E-state index in [1.807, 2.05) is 30.3 Å². The molecule has 1 saturated heterocycles. The number of hydrogen-bond donors (Lipinski definition) is 1. The van der Waals surface area contributed by atoms with Gasteiger partial charge >= 0.3 is 0 Å². The summed E-state index contributed by atoms with van der Waals surface area (Å²) in [7, 11) is 1.63. The topological polar surface area (TPSA) is 63.9 Å². The largest absolute Gasteiger partial charge is 0.493 e. The average Bonchev–Trinajstić information content (AvgIpc) is 3.21. The number of benzene rings is 1. The maximum absolute atomic E-state index is 12.7. The molecule has 1 unspecified atom stereocenters. The lowest BCUT2D eigenvalue weighted by molar-refractivity contribution is -0.127. The van der Waals surface area contributed by atoms with Crippen LogP contribution in [0, 0.1) is 5.92 Å². The van der Waals surface area contributed by atoms with Crippen LogP contribution in [0.3, 0.4) is 0 Å². The lowest BCUT2D eigenvalue weighted by Gasteiger charge is -2.33. The number of ether oxygens (including phenoxy) is 2. The first-order valence-corrected chi connectivity index (χ1v) is 9.56. The van der Waals surface area contributed by atoms with Crippen molar-refractivity contribution in [1.82, 2.24) is 10.2 Å². The SMILES string of the molecule is COc1cccc2c1OCC(C(=O)NC1CCN(Cc3ccco3)CC1)C2. The summed E-state index contributed by atoms with van der Waals surface area (Å²) in [6.07, 6.45) is 4.33. The predicted octanol–water partition coefficient (Wildman–Crippen LogP) is 2.62. The first-order valence-electron chi connectivity index (χ1n) is 9.56. The molecule has 4 rings (SSSR count). The highest BCUT2D eigenvalue weighted by atomic mass is 16.5. The summed E-state index contributed by atoms with van der Waals surface area (Å²) in [5, 5.41) is 3.23. The summed E-state index contributed by atoms with van der Waals surface area (Å²) in [4.78, 5) is 15.1. The predicted molar refractivity (Wildman–Crippen MR) is 101 cm³/mol. The van der Waals surface area contributed by atoms with Crippen molar-refractivity contribution in [3.63, 3.8) is 0 Å². The van der Waals surface area contributed by atoms with Crippen molar-refractivity contribution in [1.29, 1.82) is 0 Å². The van der Waals surface area contributed by atoms with Gasteiger partial charge in [0.25, 0.3) is 0 Å². The fourth-order valence-electron chi connectivity index (χ4n) is 3.90. The number of methoxy groups -OCH3 is 1. The van der Waals surface area contributed by atoms with Gasteiger partial charge in [0, 0.05) is 19.1 Å². The van der Waals surface area contributed by atoms with Gasteiger partial charge in [0.05, 0.1) is 25.8 Å². The molecule has 1 N–H and O–H groups in total. The molecule has 1 aromatic heterocycles. The van der Waals surface area contributed by atoms with Gasteiger partial charge in [-0.2, -0.15) is 0 Å². The van der Waals surface area contributed by atoms with Crippen LogP contribution in [0.5, 0.6) is 11.5 Å². The Labute approximate surface area is 159 Å². The van der Waals surface area contributed by atoms with Crippen LogP contribution < -0.4 is 14.8 Å². The van der Waals surface area contributed by atoms with Crippen molar-refractivity contribution in [2.45, 2.75) is 31.8 Å². The summed E-state index contributed by atoms with van der Waals surface area (Å²) >= 11 is 0. The minimum atomic E-state index is -0.147. The number of carbonyl (C=O) groups excluding carboxylic acids is 1. The molecule has 1 atom stereocenters. The Morgan fingerprint density at radius 2 is 2.11 bits per heavy atom. The van der Waals surface area contributed by atoms with Crippen LogP contribution in [-0.4, -0.2) is 43.7 Å². The second-order valence-corrected chi connectivity index (χ2v) is 7.30. The second kappa shape index (κ2) is 8.05. The van der Waals surface area contributed by atoms with Crippen LogP contribution in [0.1, 0.15) is 24.2 Å².